The molecule has 16 heavy (non-hydrogen) atoms. The van der Waals surface area contributed by atoms with Crippen LogP contribution in [0.2, 0.25) is 0 Å². The molecule has 0 spiro atoms. The van der Waals surface area contributed by atoms with E-state index in [1.807, 2.05) is 31.2 Å². The molecule has 0 saturated heterocycles. The van der Waals surface area contributed by atoms with Gasteiger partial charge in [0.25, 0.3) is 0 Å². The standard InChI is InChI=1S/C13H21NOS/c1-11(2)14-9-6-10-16(15)13-8-5-4-7-12(13)3/h4-5,7-8,11,14H,6,9-10H2,1-3H3. The van der Waals surface area contributed by atoms with Gasteiger partial charge in [0.1, 0.15) is 0 Å². The molecule has 1 N–H and O–H groups in total. The molecule has 0 fully saturated rings. The molecule has 3 heteroatoms. The number of hydrogen-bond donors (Lipinski definition) is 1. The maximum atomic E-state index is 12.0. The Bertz CT molecular complexity index is 350. The monoisotopic (exact) mass is 239 g/mol. The topological polar surface area (TPSA) is 29.1 Å². The van der Waals surface area contributed by atoms with Crippen molar-refractivity contribution in [1.29, 1.82) is 0 Å². The van der Waals surface area contributed by atoms with E-state index >= 15 is 0 Å². The zero-order chi connectivity index (χ0) is 12.0. The summed E-state index contributed by atoms with van der Waals surface area (Å²) in [6.45, 7) is 7.20. The summed E-state index contributed by atoms with van der Waals surface area (Å²) < 4.78 is 12.0. The number of nitrogens with one attached hydrogen (secondary N) is 1. The molecule has 1 atom stereocenters. The first-order valence-corrected chi connectivity index (χ1v) is 7.10. The van der Waals surface area contributed by atoms with Gasteiger partial charge in [-0.15, -0.1) is 0 Å². The van der Waals surface area contributed by atoms with E-state index in [0.29, 0.717) is 6.04 Å². The predicted molar refractivity (Wildman–Crippen MR) is 70.2 cm³/mol. The third-order valence-corrected chi connectivity index (χ3v) is 4.01. The largest absolute Gasteiger partial charge is 0.315 e. The number of benzene rings is 1. The van der Waals surface area contributed by atoms with E-state index in [-0.39, 0.29) is 0 Å². The molecule has 0 saturated carbocycles. The Morgan fingerprint density at radius 3 is 2.62 bits per heavy atom. The molecule has 90 valence electrons. The van der Waals surface area contributed by atoms with Crippen LogP contribution in [0.4, 0.5) is 0 Å². The summed E-state index contributed by atoms with van der Waals surface area (Å²) >= 11 is 0. The summed E-state index contributed by atoms with van der Waals surface area (Å²) in [5, 5.41) is 3.33. The molecule has 1 rings (SSSR count). The second-order valence-electron chi connectivity index (χ2n) is 4.28. The first-order chi connectivity index (χ1) is 7.61. The van der Waals surface area contributed by atoms with Crippen LogP contribution in [0.25, 0.3) is 0 Å². The molecule has 0 radical (unpaired) electrons. The van der Waals surface area contributed by atoms with Crippen LogP contribution in [0, 0.1) is 6.92 Å². The van der Waals surface area contributed by atoms with Crippen molar-refractivity contribution >= 4 is 10.8 Å². The maximum absolute atomic E-state index is 12.0. The average Bonchev–Trinajstić information content (AvgIpc) is 2.24. The van der Waals surface area contributed by atoms with Crippen LogP contribution in [0.1, 0.15) is 25.8 Å². The predicted octanol–water partition coefficient (Wildman–Crippen LogP) is 2.49. The Balaban J connectivity index is 2.39. The summed E-state index contributed by atoms with van der Waals surface area (Å²) in [6, 6.07) is 8.41. The van der Waals surface area contributed by atoms with Crippen molar-refractivity contribution in [2.75, 3.05) is 12.3 Å². The Kier molecular flexibility index (Phi) is 5.71. The Labute approximate surface area is 101 Å². The zero-order valence-electron chi connectivity index (χ0n) is 10.3. The van der Waals surface area contributed by atoms with Crippen LogP contribution >= 0.6 is 0 Å². The van der Waals surface area contributed by atoms with E-state index < -0.39 is 10.8 Å². The van der Waals surface area contributed by atoms with Crippen LogP contribution in [0.5, 0.6) is 0 Å². The fourth-order valence-corrected chi connectivity index (χ4v) is 2.80. The maximum Gasteiger partial charge on any atom is 0.0532 e. The van der Waals surface area contributed by atoms with Crippen LogP contribution < -0.4 is 5.32 Å². The molecule has 0 aromatic heterocycles. The van der Waals surface area contributed by atoms with E-state index in [1.165, 1.54) is 0 Å². The van der Waals surface area contributed by atoms with Crippen LogP contribution in [0.3, 0.4) is 0 Å². The Morgan fingerprint density at radius 1 is 1.31 bits per heavy atom. The molecular formula is C13H21NOS. The van der Waals surface area contributed by atoms with Gasteiger partial charge in [0.15, 0.2) is 0 Å². The van der Waals surface area contributed by atoms with E-state index in [4.69, 9.17) is 0 Å². The molecule has 0 aliphatic heterocycles. The molecule has 0 aliphatic carbocycles. The van der Waals surface area contributed by atoms with Gasteiger partial charge in [-0.25, -0.2) is 0 Å². The van der Waals surface area contributed by atoms with Crippen LogP contribution in [-0.4, -0.2) is 22.5 Å². The molecule has 1 unspecified atom stereocenters. The highest BCUT2D eigenvalue weighted by molar-refractivity contribution is 7.85. The molecule has 1 aromatic carbocycles. The van der Waals surface area contributed by atoms with Crippen molar-refractivity contribution in [1.82, 2.24) is 5.32 Å². The van der Waals surface area contributed by atoms with E-state index in [1.54, 1.807) is 0 Å². The summed E-state index contributed by atoms with van der Waals surface area (Å²) in [4.78, 5) is 0.979. The number of aryl methyl sites for hydroxylation is 1. The highest BCUT2D eigenvalue weighted by atomic mass is 32.2. The van der Waals surface area contributed by atoms with Crippen molar-refractivity contribution in [3.05, 3.63) is 29.8 Å². The average molecular weight is 239 g/mol. The van der Waals surface area contributed by atoms with Crippen LogP contribution in [0.15, 0.2) is 29.2 Å². The van der Waals surface area contributed by atoms with Crippen molar-refractivity contribution < 1.29 is 4.21 Å². The molecule has 0 aliphatic rings. The lowest BCUT2D eigenvalue weighted by molar-refractivity contribution is 0.583. The minimum atomic E-state index is -0.850. The highest BCUT2D eigenvalue weighted by Gasteiger charge is 2.05. The third-order valence-electron chi connectivity index (χ3n) is 2.40. The zero-order valence-corrected chi connectivity index (χ0v) is 11.1. The van der Waals surface area contributed by atoms with Crippen molar-refractivity contribution in [2.45, 2.75) is 38.1 Å². The summed E-state index contributed by atoms with van der Waals surface area (Å²) in [7, 11) is -0.850. The van der Waals surface area contributed by atoms with E-state index in [0.717, 1.165) is 29.2 Å². The molecule has 0 heterocycles. The van der Waals surface area contributed by atoms with Gasteiger partial charge in [-0.05, 0) is 31.5 Å². The minimum absolute atomic E-state index is 0.506. The molecular weight excluding hydrogens is 218 g/mol. The molecule has 0 bridgehead atoms. The van der Waals surface area contributed by atoms with Crippen molar-refractivity contribution in [3.63, 3.8) is 0 Å². The van der Waals surface area contributed by atoms with Gasteiger partial charge in [0, 0.05) is 16.7 Å². The lowest BCUT2D eigenvalue weighted by Crippen LogP contribution is -2.24. The quantitative estimate of drug-likeness (QED) is 0.773. The highest BCUT2D eigenvalue weighted by Crippen LogP contribution is 2.12. The van der Waals surface area contributed by atoms with Gasteiger partial charge >= 0.3 is 0 Å². The second kappa shape index (κ2) is 6.81. The Hall–Kier alpha value is -0.670. The fourth-order valence-electron chi connectivity index (χ4n) is 1.52. The van der Waals surface area contributed by atoms with Gasteiger partial charge in [-0.1, -0.05) is 32.0 Å². The molecule has 2 nitrogen and oxygen atoms in total. The van der Waals surface area contributed by atoms with Gasteiger partial charge in [0.2, 0.25) is 0 Å². The van der Waals surface area contributed by atoms with Gasteiger partial charge in [-0.2, -0.15) is 0 Å². The second-order valence-corrected chi connectivity index (χ2v) is 5.82. The third kappa shape index (κ3) is 4.45. The van der Waals surface area contributed by atoms with Gasteiger partial charge in [-0.3, -0.25) is 4.21 Å². The number of hydrogen-bond acceptors (Lipinski definition) is 2. The smallest absolute Gasteiger partial charge is 0.0532 e. The summed E-state index contributed by atoms with van der Waals surface area (Å²) in [5.41, 5.74) is 1.12. The summed E-state index contributed by atoms with van der Waals surface area (Å²) in [5.74, 6) is 0.741. The lowest BCUT2D eigenvalue weighted by Gasteiger charge is -2.08. The van der Waals surface area contributed by atoms with E-state index in [9.17, 15) is 4.21 Å². The first kappa shape index (κ1) is 13.4. The minimum Gasteiger partial charge on any atom is -0.315 e. The van der Waals surface area contributed by atoms with Crippen molar-refractivity contribution in [3.8, 4) is 0 Å². The van der Waals surface area contributed by atoms with E-state index in [2.05, 4.69) is 19.2 Å². The molecule has 1 aromatic rings. The van der Waals surface area contributed by atoms with Gasteiger partial charge in [0.05, 0.1) is 10.8 Å². The summed E-state index contributed by atoms with van der Waals surface area (Å²) in [6.07, 6.45) is 0.957. The van der Waals surface area contributed by atoms with Crippen LogP contribution in [-0.2, 0) is 10.8 Å². The van der Waals surface area contributed by atoms with Gasteiger partial charge < -0.3 is 5.32 Å². The molecule has 0 amide bonds. The Morgan fingerprint density at radius 2 is 2.00 bits per heavy atom. The van der Waals surface area contributed by atoms with Crippen molar-refractivity contribution in [2.24, 2.45) is 0 Å². The first-order valence-electron chi connectivity index (χ1n) is 5.78. The SMILES string of the molecule is Cc1ccccc1S(=O)CCCNC(C)C. The number of rotatable bonds is 6. The fraction of sp³-hybridized carbons (Fsp3) is 0.538. The normalized spacial score (nSPS) is 13.0. The lowest BCUT2D eigenvalue weighted by atomic mass is 10.2.